The Kier molecular flexibility index (Phi) is 4.00. The number of Topliss-reactive ketones (excluding diaryl/α,β-unsaturated/α-hetero) is 1. The molecule has 0 unspecified atom stereocenters. The van der Waals surface area contributed by atoms with Crippen LogP contribution < -0.4 is 0 Å². The van der Waals surface area contributed by atoms with Crippen molar-refractivity contribution in [1.82, 2.24) is 9.80 Å². The SMILES string of the molecule is CC(C)C(=O)CN1CC[C@]2(CCCN2C(C)C)C1=O. The molecule has 0 aromatic rings. The highest BCUT2D eigenvalue weighted by Crippen LogP contribution is 2.39. The maximum absolute atomic E-state index is 12.7. The fraction of sp³-hybridized carbons (Fsp3) is 0.867. The second kappa shape index (κ2) is 5.23. The van der Waals surface area contributed by atoms with E-state index in [4.69, 9.17) is 0 Å². The zero-order valence-corrected chi connectivity index (χ0v) is 12.6. The van der Waals surface area contributed by atoms with Gasteiger partial charge in [0.05, 0.1) is 6.54 Å². The first-order valence-electron chi connectivity index (χ1n) is 7.47. The van der Waals surface area contributed by atoms with Crippen LogP contribution in [0.5, 0.6) is 0 Å². The van der Waals surface area contributed by atoms with Gasteiger partial charge in [0, 0.05) is 18.5 Å². The van der Waals surface area contributed by atoms with Gasteiger partial charge in [0.2, 0.25) is 5.91 Å². The first kappa shape index (κ1) is 14.5. The molecule has 2 aliphatic rings. The highest BCUT2D eigenvalue weighted by atomic mass is 16.2. The molecule has 2 fully saturated rings. The lowest BCUT2D eigenvalue weighted by molar-refractivity contribution is -0.140. The number of amides is 1. The van der Waals surface area contributed by atoms with Crippen LogP contribution in [0.3, 0.4) is 0 Å². The summed E-state index contributed by atoms with van der Waals surface area (Å²) in [4.78, 5) is 28.7. The molecule has 0 aromatic heterocycles. The van der Waals surface area contributed by atoms with Crippen molar-refractivity contribution < 1.29 is 9.59 Å². The molecule has 108 valence electrons. The summed E-state index contributed by atoms with van der Waals surface area (Å²) in [5.74, 6) is 0.362. The van der Waals surface area contributed by atoms with Crippen LogP contribution in [-0.2, 0) is 9.59 Å². The van der Waals surface area contributed by atoms with Crippen LogP contribution in [0.25, 0.3) is 0 Å². The lowest BCUT2D eigenvalue weighted by Gasteiger charge is -2.36. The van der Waals surface area contributed by atoms with Gasteiger partial charge in [-0.15, -0.1) is 0 Å². The predicted octanol–water partition coefficient (Wildman–Crippen LogP) is 1.69. The standard InChI is InChI=1S/C15H26N2O2/c1-11(2)13(18)10-16-9-7-15(14(16)19)6-5-8-17(15)12(3)4/h11-12H,5-10H2,1-4H3/t15-/m1/s1. The summed E-state index contributed by atoms with van der Waals surface area (Å²) >= 11 is 0. The van der Waals surface area contributed by atoms with E-state index in [0.717, 1.165) is 32.4 Å². The van der Waals surface area contributed by atoms with E-state index in [1.165, 1.54) is 0 Å². The van der Waals surface area contributed by atoms with Gasteiger partial charge >= 0.3 is 0 Å². The van der Waals surface area contributed by atoms with Crippen molar-refractivity contribution in [2.24, 2.45) is 5.92 Å². The van der Waals surface area contributed by atoms with Crippen LogP contribution in [0, 0.1) is 5.92 Å². The fourth-order valence-corrected chi connectivity index (χ4v) is 3.49. The predicted molar refractivity (Wildman–Crippen MR) is 74.8 cm³/mol. The average molecular weight is 266 g/mol. The van der Waals surface area contributed by atoms with E-state index >= 15 is 0 Å². The first-order valence-corrected chi connectivity index (χ1v) is 7.47. The Labute approximate surface area is 116 Å². The molecule has 2 heterocycles. The largest absolute Gasteiger partial charge is 0.334 e. The molecule has 19 heavy (non-hydrogen) atoms. The van der Waals surface area contributed by atoms with Crippen LogP contribution >= 0.6 is 0 Å². The second-order valence-electron chi connectivity index (χ2n) is 6.52. The van der Waals surface area contributed by atoms with E-state index in [1.54, 1.807) is 4.90 Å². The van der Waals surface area contributed by atoms with E-state index in [2.05, 4.69) is 18.7 Å². The Morgan fingerprint density at radius 2 is 1.89 bits per heavy atom. The summed E-state index contributed by atoms with van der Waals surface area (Å²) < 4.78 is 0. The minimum absolute atomic E-state index is 0.00845. The van der Waals surface area contributed by atoms with Crippen molar-refractivity contribution in [2.75, 3.05) is 19.6 Å². The lowest BCUT2D eigenvalue weighted by Crippen LogP contribution is -2.53. The summed E-state index contributed by atoms with van der Waals surface area (Å²) in [6.45, 7) is 10.1. The minimum Gasteiger partial charge on any atom is -0.334 e. The molecule has 0 aliphatic carbocycles. The van der Waals surface area contributed by atoms with E-state index < -0.39 is 0 Å². The molecule has 1 amide bonds. The van der Waals surface area contributed by atoms with Gasteiger partial charge in [0.25, 0.3) is 0 Å². The monoisotopic (exact) mass is 266 g/mol. The van der Waals surface area contributed by atoms with E-state index in [0.29, 0.717) is 12.6 Å². The maximum Gasteiger partial charge on any atom is 0.243 e. The Morgan fingerprint density at radius 1 is 1.21 bits per heavy atom. The van der Waals surface area contributed by atoms with E-state index in [1.807, 2.05) is 13.8 Å². The maximum atomic E-state index is 12.7. The molecule has 1 spiro atoms. The zero-order valence-electron chi connectivity index (χ0n) is 12.6. The van der Waals surface area contributed by atoms with E-state index in [-0.39, 0.29) is 23.1 Å². The Balaban J connectivity index is 2.11. The molecule has 2 aliphatic heterocycles. The van der Waals surface area contributed by atoms with Crippen molar-refractivity contribution in [1.29, 1.82) is 0 Å². The Hall–Kier alpha value is -0.900. The highest BCUT2D eigenvalue weighted by molar-refractivity contribution is 5.93. The van der Waals surface area contributed by atoms with Crippen LogP contribution in [0.2, 0.25) is 0 Å². The third kappa shape index (κ3) is 2.42. The molecular formula is C15H26N2O2. The van der Waals surface area contributed by atoms with Crippen molar-refractivity contribution >= 4 is 11.7 Å². The number of hydrogen-bond acceptors (Lipinski definition) is 3. The van der Waals surface area contributed by atoms with Crippen molar-refractivity contribution in [3.05, 3.63) is 0 Å². The number of rotatable bonds is 4. The van der Waals surface area contributed by atoms with Crippen molar-refractivity contribution in [3.63, 3.8) is 0 Å². The molecule has 4 heteroatoms. The number of likely N-dealkylation sites (tertiary alicyclic amines) is 2. The number of carbonyl (C=O) groups excluding carboxylic acids is 2. The molecule has 0 N–H and O–H groups in total. The van der Waals surface area contributed by atoms with Gasteiger partial charge in [-0.2, -0.15) is 0 Å². The topological polar surface area (TPSA) is 40.6 Å². The summed E-state index contributed by atoms with van der Waals surface area (Å²) in [6.07, 6.45) is 2.93. The van der Waals surface area contributed by atoms with Crippen molar-refractivity contribution in [2.45, 2.75) is 58.5 Å². The van der Waals surface area contributed by atoms with Gasteiger partial charge < -0.3 is 4.90 Å². The molecular weight excluding hydrogens is 240 g/mol. The van der Waals surface area contributed by atoms with Crippen molar-refractivity contribution in [3.8, 4) is 0 Å². The van der Waals surface area contributed by atoms with E-state index in [9.17, 15) is 9.59 Å². The average Bonchev–Trinajstić information content (AvgIpc) is 2.89. The molecule has 0 bridgehead atoms. The minimum atomic E-state index is -0.300. The smallest absolute Gasteiger partial charge is 0.243 e. The third-order valence-electron chi connectivity index (χ3n) is 4.63. The molecule has 4 nitrogen and oxygen atoms in total. The number of nitrogens with zero attached hydrogens (tertiary/aromatic N) is 2. The van der Waals surface area contributed by atoms with Crippen LogP contribution in [-0.4, -0.2) is 52.7 Å². The molecule has 2 rings (SSSR count). The van der Waals surface area contributed by atoms with Gasteiger partial charge in [0.15, 0.2) is 5.78 Å². The van der Waals surface area contributed by atoms with Gasteiger partial charge in [0.1, 0.15) is 5.54 Å². The molecule has 0 radical (unpaired) electrons. The molecule has 0 aromatic carbocycles. The summed E-state index contributed by atoms with van der Waals surface area (Å²) in [6, 6.07) is 0.396. The van der Waals surface area contributed by atoms with Crippen LogP contribution in [0.15, 0.2) is 0 Å². The normalized spacial score (nSPS) is 28.3. The summed E-state index contributed by atoms with van der Waals surface area (Å²) in [5.41, 5.74) is -0.300. The third-order valence-corrected chi connectivity index (χ3v) is 4.63. The number of hydrogen-bond donors (Lipinski definition) is 0. The van der Waals surface area contributed by atoms with Gasteiger partial charge in [-0.05, 0) is 39.7 Å². The van der Waals surface area contributed by atoms with Gasteiger partial charge in [-0.1, -0.05) is 13.8 Å². The molecule has 0 saturated carbocycles. The Bertz CT molecular complexity index is 378. The lowest BCUT2D eigenvalue weighted by atomic mass is 9.93. The van der Waals surface area contributed by atoms with Crippen LogP contribution in [0.4, 0.5) is 0 Å². The fourth-order valence-electron chi connectivity index (χ4n) is 3.49. The summed E-state index contributed by atoms with van der Waals surface area (Å²) in [7, 11) is 0. The Morgan fingerprint density at radius 3 is 2.47 bits per heavy atom. The summed E-state index contributed by atoms with van der Waals surface area (Å²) in [5, 5.41) is 0. The van der Waals surface area contributed by atoms with Gasteiger partial charge in [-0.25, -0.2) is 0 Å². The first-order chi connectivity index (χ1) is 8.88. The number of ketones is 1. The second-order valence-corrected chi connectivity index (χ2v) is 6.52. The zero-order chi connectivity index (χ0) is 14.2. The molecule has 1 atom stereocenters. The highest BCUT2D eigenvalue weighted by Gasteiger charge is 2.53. The van der Waals surface area contributed by atoms with Crippen LogP contribution in [0.1, 0.15) is 47.0 Å². The molecule has 2 saturated heterocycles. The van der Waals surface area contributed by atoms with Gasteiger partial charge in [-0.3, -0.25) is 14.5 Å². The number of carbonyl (C=O) groups is 2. The quantitative estimate of drug-likeness (QED) is 0.777.